The van der Waals surface area contributed by atoms with E-state index in [2.05, 4.69) is 13.8 Å². The van der Waals surface area contributed by atoms with Crippen molar-refractivity contribution in [3.63, 3.8) is 0 Å². The Morgan fingerprint density at radius 1 is 0.473 bits per heavy atom. The predicted molar refractivity (Wildman–Crippen MR) is 211 cm³/mol. The van der Waals surface area contributed by atoms with Crippen molar-refractivity contribution in [1.82, 2.24) is 24.3 Å². The number of H-pyrrole nitrogens is 2. The van der Waals surface area contributed by atoms with Gasteiger partial charge < -0.3 is 0 Å². The number of hydrogen-bond acceptors (Lipinski definition) is 7. The molecule has 5 aromatic carbocycles. The van der Waals surface area contributed by atoms with Crippen molar-refractivity contribution >= 4 is 66.7 Å². The summed E-state index contributed by atoms with van der Waals surface area (Å²) in [4.78, 5) is 99.1. The highest BCUT2D eigenvalue weighted by molar-refractivity contribution is 6.41. The topological polar surface area (TPSA) is 162 Å². The van der Waals surface area contributed by atoms with Crippen LogP contribution < -0.4 is 17.1 Å². The van der Waals surface area contributed by atoms with E-state index < -0.39 is 28.9 Å². The molecule has 8 rings (SSSR count). The standard InChI is InChI=1S/C43H43N5O7/c1-3-5-7-9-12-24(13-10-8-6-4-2)48-39(51)31-20-16-27-25-14-18-29-35-30(19-15-26(33(25)35)28-17-21-32(40(48)52)36(31)34(27)28)38(50)46(37(29)49)22-11-23-47-42(54)44-41(53)45-43(47)55/h14-21,24H,3-13,22-23H2,1-2H3,(H2,44,45,53,54,55). The van der Waals surface area contributed by atoms with Gasteiger partial charge in [-0.15, -0.1) is 0 Å². The van der Waals surface area contributed by atoms with Crippen molar-refractivity contribution in [1.29, 1.82) is 0 Å². The van der Waals surface area contributed by atoms with Gasteiger partial charge >= 0.3 is 17.1 Å². The van der Waals surface area contributed by atoms with E-state index in [1.54, 1.807) is 17.0 Å². The number of hydrogen-bond donors (Lipinski definition) is 2. The lowest BCUT2D eigenvalue weighted by Crippen LogP contribution is -2.47. The normalized spacial score (nSPS) is 14.3. The van der Waals surface area contributed by atoms with E-state index in [4.69, 9.17) is 0 Å². The molecular formula is C43H43N5O7. The number of imide groups is 2. The molecule has 0 spiro atoms. The van der Waals surface area contributed by atoms with Crippen LogP contribution in [0.15, 0.2) is 62.9 Å². The Bertz CT molecular complexity index is 2570. The smallest absolute Gasteiger partial charge is 0.274 e. The molecule has 3 heterocycles. The summed E-state index contributed by atoms with van der Waals surface area (Å²) in [5.41, 5.74) is -0.915. The van der Waals surface area contributed by atoms with Gasteiger partial charge in [0.05, 0.1) is 0 Å². The summed E-state index contributed by atoms with van der Waals surface area (Å²) >= 11 is 0. The molecule has 2 aliphatic rings. The maximum atomic E-state index is 14.4. The molecule has 12 nitrogen and oxygen atoms in total. The molecule has 0 radical (unpaired) electrons. The molecule has 2 aliphatic heterocycles. The zero-order chi connectivity index (χ0) is 38.5. The number of aromatic nitrogens is 3. The maximum Gasteiger partial charge on any atom is 0.333 e. The Morgan fingerprint density at radius 3 is 1.31 bits per heavy atom. The second-order valence-corrected chi connectivity index (χ2v) is 14.9. The van der Waals surface area contributed by atoms with E-state index in [0.29, 0.717) is 33.0 Å². The first-order valence-electron chi connectivity index (χ1n) is 19.5. The molecule has 282 valence electrons. The van der Waals surface area contributed by atoms with Gasteiger partial charge in [0, 0.05) is 52.2 Å². The molecule has 0 fully saturated rings. The molecule has 6 aromatic rings. The van der Waals surface area contributed by atoms with Gasteiger partial charge in [-0.05, 0) is 75.8 Å². The van der Waals surface area contributed by atoms with Gasteiger partial charge in [0.1, 0.15) is 0 Å². The molecule has 0 saturated carbocycles. The number of carbonyl (C=O) groups is 4. The van der Waals surface area contributed by atoms with Crippen molar-refractivity contribution in [2.75, 3.05) is 6.54 Å². The number of aromatic amines is 2. The molecule has 55 heavy (non-hydrogen) atoms. The highest BCUT2D eigenvalue weighted by Gasteiger charge is 2.39. The van der Waals surface area contributed by atoms with E-state index >= 15 is 0 Å². The Hall–Kier alpha value is -5.91. The second-order valence-electron chi connectivity index (χ2n) is 14.9. The number of amides is 4. The fourth-order valence-corrected chi connectivity index (χ4v) is 8.93. The summed E-state index contributed by atoms with van der Waals surface area (Å²) in [6.45, 7) is 4.17. The Labute approximate surface area is 315 Å². The molecule has 0 bridgehead atoms. The fourth-order valence-electron chi connectivity index (χ4n) is 8.93. The Kier molecular flexibility index (Phi) is 9.44. The van der Waals surface area contributed by atoms with Gasteiger partial charge in [-0.1, -0.05) is 89.5 Å². The summed E-state index contributed by atoms with van der Waals surface area (Å²) in [7, 11) is 0. The van der Waals surface area contributed by atoms with Crippen molar-refractivity contribution in [3.8, 4) is 0 Å². The number of fused-ring (bicyclic) bond motifs is 2. The zero-order valence-corrected chi connectivity index (χ0v) is 31.1. The largest absolute Gasteiger partial charge is 0.333 e. The lowest BCUT2D eigenvalue weighted by molar-refractivity contribution is 0.0514. The van der Waals surface area contributed by atoms with Crippen LogP contribution in [0.4, 0.5) is 0 Å². The number of benzene rings is 5. The average Bonchev–Trinajstić information content (AvgIpc) is 3.17. The van der Waals surface area contributed by atoms with Gasteiger partial charge in [0.2, 0.25) is 0 Å². The van der Waals surface area contributed by atoms with E-state index in [9.17, 15) is 33.6 Å². The first-order valence-corrected chi connectivity index (χ1v) is 19.5. The lowest BCUT2D eigenvalue weighted by atomic mass is 9.82. The first kappa shape index (κ1) is 36.1. The molecule has 0 saturated heterocycles. The number of unbranched alkanes of at least 4 members (excludes halogenated alkanes) is 6. The summed E-state index contributed by atoms with van der Waals surface area (Å²) < 4.78 is 0.813. The van der Waals surface area contributed by atoms with Crippen molar-refractivity contribution in [2.45, 2.75) is 97.1 Å². The zero-order valence-electron chi connectivity index (χ0n) is 31.1. The minimum atomic E-state index is -0.911. The highest BCUT2D eigenvalue weighted by atomic mass is 16.2. The van der Waals surface area contributed by atoms with Crippen LogP contribution in [0.25, 0.3) is 43.1 Å². The van der Waals surface area contributed by atoms with E-state index in [1.807, 2.05) is 46.4 Å². The van der Waals surface area contributed by atoms with Crippen LogP contribution in [0.5, 0.6) is 0 Å². The molecule has 0 atom stereocenters. The SMILES string of the molecule is CCCCCCC(CCCCCC)N1C(=O)c2ccc3c4ccc5c6c(ccc(c7ccc(c2c37)C1=O)c64)C(=O)N(CCCn1c(=O)[nH]c(=O)[nH]c1=O)C5=O. The summed E-state index contributed by atoms with van der Waals surface area (Å²) in [6, 6.07) is 14.5. The lowest BCUT2D eigenvalue weighted by Gasteiger charge is -2.35. The molecule has 4 amide bonds. The third-order valence-corrected chi connectivity index (χ3v) is 11.6. The van der Waals surface area contributed by atoms with Crippen LogP contribution in [-0.2, 0) is 6.54 Å². The van der Waals surface area contributed by atoms with E-state index in [0.717, 1.165) is 106 Å². The van der Waals surface area contributed by atoms with E-state index in [1.165, 1.54) is 0 Å². The van der Waals surface area contributed by atoms with Crippen LogP contribution in [0, 0.1) is 0 Å². The van der Waals surface area contributed by atoms with Crippen LogP contribution >= 0.6 is 0 Å². The maximum absolute atomic E-state index is 14.4. The van der Waals surface area contributed by atoms with Gasteiger partial charge in [0.25, 0.3) is 23.6 Å². The Morgan fingerprint density at radius 2 is 0.891 bits per heavy atom. The van der Waals surface area contributed by atoms with Crippen LogP contribution in [0.1, 0.15) is 126 Å². The van der Waals surface area contributed by atoms with Crippen LogP contribution in [-0.4, -0.2) is 60.6 Å². The molecule has 0 aliphatic carbocycles. The number of nitrogens with one attached hydrogen (secondary N) is 2. The predicted octanol–water partition coefficient (Wildman–Crippen LogP) is 6.87. The van der Waals surface area contributed by atoms with Crippen molar-refractivity contribution < 1.29 is 19.2 Å². The summed E-state index contributed by atoms with van der Waals surface area (Å²) in [5.74, 6) is -1.48. The first-order chi connectivity index (χ1) is 26.7. The van der Waals surface area contributed by atoms with E-state index in [-0.39, 0.29) is 37.4 Å². The van der Waals surface area contributed by atoms with Gasteiger partial charge in [-0.2, -0.15) is 0 Å². The quantitative estimate of drug-likeness (QED) is 0.0503. The summed E-state index contributed by atoms with van der Waals surface area (Å²) in [6.07, 6.45) is 10.3. The van der Waals surface area contributed by atoms with Crippen LogP contribution in [0.3, 0.4) is 0 Å². The number of nitrogens with zero attached hydrogens (tertiary/aromatic N) is 3. The number of rotatable bonds is 15. The third-order valence-electron chi connectivity index (χ3n) is 11.6. The Balaban J connectivity index is 1.17. The average molecular weight is 742 g/mol. The molecule has 2 N–H and O–H groups in total. The monoisotopic (exact) mass is 741 g/mol. The molecular weight excluding hydrogens is 699 g/mol. The fraction of sp³-hybridized carbons (Fsp3) is 0.372. The molecule has 0 unspecified atom stereocenters. The minimum absolute atomic E-state index is 0.0573. The third kappa shape index (κ3) is 5.86. The van der Waals surface area contributed by atoms with Crippen molar-refractivity contribution in [2.24, 2.45) is 0 Å². The molecule has 1 aromatic heterocycles. The summed E-state index contributed by atoms with van der Waals surface area (Å²) in [5, 5.41) is 6.04. The number of carbonyl (C=O) groups excluding carboxylic acids is 4. The van der Waals surface area contributed by atoms with Gasteiger partial charge in [-0.3, -0.25) is 38.9 Å². The van der Waals surface area contributed by atoms with Gasteiger partial charge in [-0.25, -0.2) is 19.0 Å². The van der Waals surface area contributed by atoms with Gasteiger partial charge in [0.15, 0.2) is 0 Å². The molecule has 12 heteroatoms. The van der Waals surface area contributed by atoms with Crippen LogP contribution in [0.2, 0.25) is 0 Å². The second kappa shape index (κ2) is 14.4. The van der Waals surface area contributed by atoms with Crippen molar-refractivity contribution in [3.05, 3.63) is 102 Å². The minimum Gasteiger partial charge on any atom is -0.274 e. The highest BCUT2D eigenvalue weighted by Crippen LogP contribution is 2.46.